The van der Waals surface area contributed by atoms with Crippen LogP contribution >= 0.6 is 0 Å². The average molecular weight is 365 g/mol. The van der Waals surface area contributed by atoms with Crippen molar-refractivity contribution in [2.75, 3.05) is 6.54 Å². The molecule has 0 radical (unpaired) electrons. The minimum Gasteiger partial charge on any atom is -0.451 e. The number of hydrogen-bond donors (Lipinski definition) is 1. The lowest BCUT2D eigenvalue weighted by Crippen LogP contribution is -2.50. The van der Waals surface area contributed by atoms with E-state index in [-0.39, 0.29) is 10.7 Å². The molecule has 0 unspecified atom stereocenters. The molecule has 9 heteroatoms. The molecule has 0 bridgehead atoms. The Kier molecular flexibility index (Phi) is 4.51. The van der Waals surface area contributed by atoms with Gasteiger partial charge in [0.25, 0.3) is 15.9 Å². The van der Waals surface area contributed by atoms with Crippen LogP contribution in [-0.2, 0) is 24.3 Å². The van der Waals surface area contributed by atoms with Gasteiger partial charge in [0.05, 0.1) is 0 Å². The van der Waals surface area contributed by atoms with Gasteiger partial charge < -0.3 is 15.4 Å². The number of carbonyl (C=O) groups is 2. The van der Waals surface area contributed by atoms with E-state index in [0.29, 0.717) is 18.5 Å². The molecular weight excluding hydrogens is 346 g/mol. The normalized spacial score (nSPS) is 22.7. The largest absolute Gasteiger partial charge is 0.451 e. The molecule has 0 saturated carbocycles. The van der Waals surface area contributed by atoms with Gasteiger partial charge in [-0.3, -0.25) is 4.79 Å². The number of fused-ring (bicyclic) bond motifs is 1. The molecule has 2 N–H and O–H groups in total. The van der Waals surface area contributed by atoms with Crippen molar-refractivity contribution in [2.45, 2.75) is 43.2 Å². The summed E-state index contributed by atoms with van der Waals surface area (Å²) in [5, 5.41) is 0. The van der Waals surface area contributed by atoms with Crippen LogP contribution in [0.25, 0.3) is 0 Å². The summed E-state index contributed by atoms with van der Waals surface area (Å²) in [4.78, 5) is 25.4. The molecule has 1 fully saturated rings. The van der Waals surface area contributed by atoms with Crippen molar-refractivity contribution in [3.8, 4) is 0 Å². The Labute approximate surface area is 145 Å². The Hall–Kier alpha value is -2.42. The zero-order valence-electron chi connectivity index (χ0n) is 13.7. The summed E-state index contributed by atoms with van der Waals surface area (Å²) in [6.07, 6.45) is 1.04. The molecule has 8 nitrogen and oxygen atoms in total. The van der Waals surface area contributed by atoms with Gasteiger partial charge in [-0.25, -0.2) is 4.79 Å². The van der Waals surface area contributed by atoms with E-state index in [1.807, 2.05) is 0 Å². The second-order valence-corrected chi connectivity index (χ2v) is 7.65. The van der Waals surface area contributed by atoms with Crippen LogP contribution in [0.3, 0.4) is 0 Å². The van der Waals surface area contributed by atoms with Crippen molar-refractivity contribution in [3.63, 3.8) is 0 Å². The molecule has 1 aromatic carbocycles. The summed E-state index contributed by atoms with van der Waals surface area (Å²) in [6.45, 7) is 1.88. The number of benzene rings is 1. The second kappa shape index (κ2) is 6.47. The molecule has 0 aliphatic carbocycles. The van der Waals surface area contributed by atoms with E-state index in [1.165, 1.54) is 13.0 Å². The molecule has 1 saturated heterocycles. The summed E-state index contributed by atoms with van der Waals surface area (Å²) in [5.41, 5.74) is 5.61. The standard InChI is InChI=1S/C16H19N3O5S/c1-10(14(17)20)24-16(21)12-7-4-5-9-19(12)15-11-6-2-3-8-13(11)25(22,23)18-15/h2-3,6,8,10,12H,4-5,7,9H2,1H3,(H2,17,20)/t10-,12+/m0/s1. The summed E-state index contributed by atoms with van der Waals surface area (Å²) in [6, 6.07) is 5.82. The number of primary amides is 1. The number of likely N-dealkylation sites (tertiary alicyclic amines) is 1. The number of hydrogen-bond acceptors (Lipinski definition) is 6. The lowest BCUT2D eigenvalue weighted by Gasteiger charge is -2.35. The van der Waals surface area contributed by atoms with Gasteiger partial charge >= 0.3 is 5.97 Å². The maximum atomic E-state index is 12.5. The molecule has 1 aromatic rings. The summed E-state index contributed by atoms with van der Waals surface area (Å²) >= 11 is 0. The van der Waals surface area contributed by atoms with Gasteiger partial charge in [0.1, 0.15) is 10.9 Å². The third kappa shape index (κ3) is 3.23. The third-order valence-electron chi connectivity index (χ3n) is 4.35. The van der Waals surface area contributed by atoms with Gasteiger partial charge in [-0.1, -0.05) is 12.1 Å². The van der Waals surface area contributed by atoms with Crippen molar-refractivity contribution >= 4 is 27.7 Å². The van der Waals surface area contributed by atoms with Gasteiger partial charge in [0.2, 0.25) is 0 Å². The summed E-state index contributed by atoms with van der Waals surface area (Å²) in [7, 11) is -3.77. The molecule has 0 aromatic heterocycles. The Bertz CT molecular complexity index is 849. The number of nitrogens with two attached hydrogens (primary N) is 1. The second-order valence-electron chi connectivity index (χ2n) is 6.07. The molecule has 2 aliphatic rings. The minimum atomic E-state index is -3.77. The summed E-state index contributed by atoms with van der Waals surface area (Å²) in [5.74, 6) is -1.08. The molecule has 25 heavy (non-hydrogen) atoms. The van der Waals surface area contributed by atoms with E-state index >= 15 is 0 Å². The molecule has 2 heterocycles. The molecule has 2 atom stereocenters. The number of amides is 1. The Balaban J connectivity index is 1.92. The van der Waals surface area contributed by atoms with Crippen LogP contribution in [0.5, 0.6) is 0 Å². The zero-order chi connectivity index (χ0) is 18.2. The number of carbonyl (C=O) groups excluding carboxylic acids is 2. The number of piperidine rings is 1. The topological polar surface area (TPSA) is 119 Å². The first-order valence-electron chi connectivity index (χ1n) is 8.02. The van der Waals surface area contributed by atoms with E-state index in [4.69, 9.17) is 10.5 Å². The molecule has 2 aliphatic heterocycles. The number of nitrogens with zero attached hydrogens (tertiary/aromatic N) is 2. The maximum absolute atomic E-state index is 12.5. The predicted octanol–water partition coefficient (Wildman–Crippen LogP) is 0.407. The van der Waals surface area contributed by atoms with E-state index in [0.717, 1.165) is 12.8 Å². The van der Waals surface area contributed by atoms with Crippen molar-refractivity contribution in [1.29, 1.82) is 0 Å². The quantitative estimate of drug-likeness (QED) is 0.775. The monoisotopic (exact) mass is 365 g/mol. The molecule has 0 spiro atoms. The van der Waals surface area contributed by atoms with Gasteiger partial charge in [-0.15, -0.1) is 4.40 Å². The number of rotatable bonds is 3. The molecular formula is C16H19N3O5S. The highest BCUT2D eigenvalue weighted by atomic mass is 32.2. The highest BCUT2D eigenvalue weighted by Gasteiger charge is 2.39. The minimum absolute atomic E-state index is 0.133. The lowest BCUT2D eigenvalue weighted by molar-refractivity contribution is -0.158. The van der Waals surface area contributed by atoms with E-state index in [2.05, 4.69) is 4.40 Å². The fourth-order valence-corrected chi connectivity index (χ4v) is 4.25. The van der Waals surface area contributed by atoms with Crippen molar-refractivity contribution < 1.29 is 22.7 Å². The Morgan fingerprint density at radius 2 is 2.04 bits per heavy atom. The van der Waals surface area contributed by atoms with Crippen molar-refractivity contribution in [3.05, 3.63) is 29.8 Å². The van der Waals surface area contributed by atoms with Crippen LogP contribution in [0, 0.1) is 0 Å². The van der Waals surface area contributed by atoms with Crippen LogP contribution in [0.15, 0.2) is 33.6 Å². The number of ether oxygens (including phenoxy) is 1. The average Bonchev–Trinajstić information content (AvgIpc) is 2.86. The third-order valence-corrected chi connectivity index (χ3v) is 5.68. The van der Waals surface area contributed by atoms with Crippen LogP contribution in [0.4, 0.5) is 0 Å². The van der Waals surface area contributed by atoms with Crippen LogP contribution in [-0.4, -0.2) is 49.7 Å². The fraction of sp³-hybridized carbons (Fsp3) is 0.438. The number of esters is 1. The van der Waals surface area contributed by atoms with Gasteiger partial charge in [-0.2, -0.15) is 8.42 Å². The first-order chi connectivity index (χ1) is 11.8. The summed E-state index contributed by atoms with van der Waals surface area (Å²) < 4.78 is 33.5. The zero-order valence-corrected chi connectivity index (χ0v) is 14.5. The van der Waals surface area contributed by atoms with Gasteiger partial charge in [0, 0.05) is 12.1 Å². The van der Waals surface area contributed by atoms with Crippen LogP contribution in [0.1, 0.15) is 31.7 Å². The smallest absolute Gasteiger partial charge is 0.329 e. The van der Waals surface area contributed by atoms with Crippen molar-refractivity contribution in [1.82, 2.24) is 4.90 Å². The van der Waals surface area contributed by atoms with Gasteiger partial charge in [-0.05, 0) is 38.3 Å². The number of sulfonamides is 1. The highest BCUT2D eigenvalue weighted by molar-refractivity contribution is 7.90. The highest BCUT2D eigenvalue weighted by Crippen LogP contribution is 2.31. The van der Waals surface area contributed by atoms with Crippen LogP contribution < -0.4 is 5.73 Å². The number of amidine groups is 1. The first-order valence-corrected chi connectivity index (χ1v) is 9.46. The Morgan fingerprint density at radius 3 is 2.76 bits per heavy atom. The first kappa shape index (κ1) is 17.4. The van der Waals surface area contributed by atoms with E-state index < -0.39 is 34.0 Å². The predicted molar refractivity (Wildman–Crippen MR) is 89.3 cm³/mol. The SMILES string of the molecule is C[C@H](OC(=O)[C@H]1CCCCN1C1=NS(=O)(=O)c2ccccc21)C(N)=O. The molecule has 134 valence electrons. The van der Waals surface area contributed by atoms with Crippen LogP contribution in [0.2, 0.25) is 0 Å². The van der Waals surface area contributed by atoms with Crippen molar-refractivity contribution in [2.24, 2.45) is 10.1 Å². The lowest BCUT2D eigenvalue weighted by atomic mass is 10.0. The fourth-order valence-electron chi connectivity index (χ4n) is 3.04. The molecule has 1 amide bonds. The van der Waals surface area contributed by atoms with E-state index in [1.54, 1.807) is 23.1 Å². The Morgan fingerprint density at radius 1 is 1.32 bits per heavy atom. The maximum Gasteiger partial charge on any atom is 0.329 e. The van der Waals surface area contributed by atoms with Gasteiger partial charge in [0.15, 0.2) is 11.9 Å². The molecule has 3 rings (SSSR count). The van der Waals surface area contributed by atoms with E-state index in [9.17, 15) is 18.0 Å².